The summed E-state index contributed by atoms with van der Waals surface area (Å²) in [5.41, 5.74) is 1.97. The Bertz CT molecular complexity index is 776. The van der Waals surface area contributed by atoms with Crippen LogP contribution < -0.4 is 0 Å². The van der Waals surface area contributed by atoms with Gasteiger partial charge in [-0.2, -0.15) is 0 Å². The molecule has 0 atom stereocenters. The first kappa shape index (κ1) is 19.1. The molecule has 2 rings (SSSR count). The zero-order valence-electron chi connectivity index (χ0n) is 14.8. The summed E-state index contributed by atoms with van der Waals surface area (Å²) in [5, 5.41) is 3.48. The topological polar surface area (TPSA) is 82.0 Å². The zero-order chi connectivity index (χ0) is 19.1. The second kappa shape index (κ2) is 8.71. The number of benzene rings is 2. The van der Waals surface area contributed by atoms with E-state index in [2.05, 4.69) is 14.7 Å². The fourth-order valence-electron chi connectivity index (χ4n) is 2.10. The van der Waals surface area contributed by atoms with Crippen LogP contribution in [-0.4, -0.2) is 30.0 Å². The number of ether oxygens (including phenoxy) is 1. The van der Waals surface area contributed by atoms with Crippen molar-refractivity contribution in [2.24, 2.45) is 5.16 Å². The van der Waals surface area contributed by atoms with Crippen molar-refractivity contribution in [3.05, 3.63) is 70.8 Å². The second-order valence-corrected chi connectivity index (χ2v) is 5.60. The summed E-state index contributed by atoms with van der Waals surface area (Å²) in [7, 11) is 0. The van der Waals surface area contributed by atoms with E-state index in [0.717, 1.165) is 11.1 Å². The summed E-state index contributed by atoms with van der Waals surface area (Å²) in [6.45, 7) is 5.44. The van der Waals surface area contributed by atoms with Crippen LogP contribution in [0.1, 0.15) is 38.8 Å². The Labute approximate surface area is 151 Å². The number of aryl methyl sites for hydroxylation is 2. The summed E-state index contributed by atoms with van der Waals surface area (Å²) in [4.78, 5) is 41.4. The molecule has 0 amide bonds. The maximum Gasteiger partial charge on any atom is 0.535 e. The molecule has 0 fully saturated rings. The number of nitrogens with zero attached hydrogens (tertiary/aromatic N) is 1. The molecule has 0 aromatic heterocycles. The summed E-state index contributed by atoms with van der Waals surface area (Å²) in [5.74, 6) is -1.28. The van der Waals surface area contributed by atoms with Crippen LogP contribution in [0.25, 0.3) is 0 Å². The van der Waals surface area contributed by atoms with Crippen LogP contribution in [-0.2, 0) is 9.57 Å². The number of Topliss-reactive ketones (excluding diaryl/α,β-unsaturated/α-hetero) is 2. The standard InChI is InChI=1S/C20H19NO5/c1-4-25-20(24)26-21-17(18(22)15-9-5-13(2)6-10-15)19(23)16-11-7-14(3)8-12-16/h5-12H,4H2,1-3H3. The molecule has 0 aliphatic carbocycles. The highest BCUT2D eigenvalue weighted by Gasteiger charge is 2.25. The lowest BCUT2D eigenvalue weighted by atomic mass is 9.98. The molecular weight excluding hydrogens is 334 g/mol. The fraction of sp³-hybridized carbons (Fsp3) is 0.200. The number of rotatable bonds is 6. The second-order valence-electron chi connectivity index (χ2n) is 5.60. The van der Waals surface area contributed by atoms with E-state index < -0.39 is 23.4 Å². The fourth-order valence-corrected chi connectivity index (χ4v) is 2.10. The average molecular weight is 353 g/mol. The van der Waals surface area contributed by atoms with Crippen LogP contribution >= 0.6 is 0 Å². The number of carbonyl (C=O) groups is 3. The maximum atomic E-state index is 12.7. The van der Waals surface area contributed by atoms with Gasteiger partial charge in [-0.1, -0.05) is 64.8 Å². The number of oxime groups is 1. The zero-order valence-corrected chi connectivity index (χ0v) is 14.8. The summed E-state index contributed by atoms with van der Waals surface area (Å²) < 4.78 is 4.60. The van der Waals surface area contributed by atoms with Crippen LogP contribution in [0.3, 0.4) is 0 Å². The van der Waals surface area contributed by atoms with Crippen molar-refractivity contribution in [1.29, 1.82) is 0 Å². The Morgan fingerprint density at radius 3 is 1.62 bits per heavy atom. The molecule has 6 nitrogen and oxygen atoms in total. The molecule has 0 N–H and O–H groups in total. The van der Waals surface area contributed by atoms with Gasteiger partial charge in [0.15, 0.2) is 5.71 Å². The van der Waals surface area contributed by atoms with Crippen LogP contribution in [0, 0.1) is 13.8 Å². The van der Waals surface area contributed by atoms with E-state index >= 15 is 0 Å². The van der Waals surface area contributed by atoms with Gasteiger partial charge in [0.1, 0.15) is 0 Å². The van der Waals surface area contributed by atoms with E-state index in [1.165, 1.54) is 0 Å². The van der Waals surface area contributed by atoms with Crippen molar-refractivity contribution in [3.63, 3.8) is 0 Å². The number of hydrogen-bond donors (Lipinski definition) is 0. The summed E-state index contributed by atoms with van der Waals surface area (Å²) >= 11 is 0. The van der Waals surface area contributed by atoms with Gasteiger partial charge in [-0.3, -0.25) is 14.4 Å². The Kier molecular flexibility index (Phi) is 6.38. The number of hydrogen-bond acceptors (Lipinski definition) is 6. The predicted octanol–water partition coefficient (Wildman–Crippen LogP) is 3.90. The number of ketones is 2. The van der Waals surface area contributed by atoms with E-state index in [1.807, 2.05) is 13.8 Å². The van der Waals surface area contributed by atoms with Gasteiger partial charge in [0, 0.05) is 11.1 Å². The smallest absolute Gasteiger partial charge is 0.433 e. The quantitative estimate of drug-likeness (QED) is 0.196. The molecule has 0 radical (unpaired) electrons. The van der Waals surface area contributed by atoms with Gasteiger partial charge in [-0.05, 0) is 20.8 Å². The van der Waals surface area contributed by atoms with Gasteiger partial charge in [-0.25, -0.2) is 4.79 Å². The van der Waals surface area contributed by atoms with Crippen LogP contribution in [0.15, 0.2) is 53.7 Å². The molecule has 0 bridgehead atoms. The van der Waals surface area contributed by atoms with Crippen LogP contribution in [0.4, 0.5) is 4.79 Å². The van der Waals surface area contributed by atoms with Crippen LogP contribution in [0.5, 0.6) is 0 Å². The lowest BCUT2D eigenvalue weighted by molar-refractivity contribution is 0.0609. The Morgan fingerprint density at radius 2 is 1.23 bits per heavy atom. The molecule has 6 heteroatoms. The van der Waals surface area contributed by atoms with E-state index in [1.54, 1.807) is 55.5 Å². The number of carbonyl (C=O) groups excluding carboxylic acids is 3. The Hall–Kier alpha value is -3.28. The lowest BCUT2D eigenvalue weighted by Gasteiger charge is -2.06. The first-order valence-electron chi connectivity index (χ1n) is 8.07. The van der Waals surface area contributed by atoms with Gasteiger partial charge in [0.25, 0.3) is 0 Å². The highest BCUT2D eigenvalue weighted by molar-refractivity contribution is 6.71. The van der Waals surface area contributed by atoms with Gasteiger partial charge in [0.05, 0.1) is 6.61 Å². The molecule has 0 heterocycles. The van der Waals surface area contributed by atoms with Crippen LogP contribution in [0.2, 0.25) is 0 Å². The predicted molar refractivity (Wildman–Crippen MR) is 96.6 cm³/mol. The molecular formula is C20H19NO5. The molecule has 2 aromatic rings. The SMILES string of the molecule is CCOC(=O)ON=C(C(=O)c1ccc(C)cc1)C(=O)c1ccc(C)cc1. The van der Waals surface area contributed by atoms with E-state index in [4.69, 9.17) is 0 Å². The third-order valence-electron chi connectivity index (χ3n) is 3.53. The van der Waals surface area contributed by atoms with Crippen molar-refractivity contribution in [3.8, 4) is 0 Å². The molecule has 26 heavy (non-hydrogen) atoms. The van der Waals surface area contributed by atoms with Crippen molar-refractivity contribution in [1.82, 2.24) is 0 Å². The Morgan fingerprint density at radius 1 is 0.808 bits per heavy atom. The van der Waals surface area contributed by atoms with Gasteiger partial charge in [-0.15, -0.1) is 0 Å². The summed E-state index contributed by atoms with van der Waals surface area (Å²) in [6, 6.07) is 13.3. The van der Waals surface area contributed by atoms with Gasteiger partial charge < -0.3 is 4.74 Å². The highest BCUT2D eigenvalue weighted by Crippen LogP contribution is 2.11. The first-order chi connectivity index (χ1) is 12.4. The maximum absolute atomic E-state index is 12.7. The third-order valence-corrected chi connectivity index (χ3v) is 3.53. The normalized spacial score (nSPS) is 9.96. The monoisotopic (exact) mass is 353 g/mol. The van der Waals surface area contributed by atoms with Crippen molar-refractivity contribution < 1.29 is 24.0 Å². The molecule has 0 spiro atoms. The van der Waals surface area contributed by atoms with E-state index in [9.17, 15) is 14.4 Å². The minimum atomic E-state index is -1.08. The van der Waals surface area contributed by atoms with Crippen molar-refractivity contribution >= 4 is 23.4 Å². The highest BCUT2D eigenvalue weighted by atomic mass is 16.8. The third kappa shape index (κ3) is 4.86. The minimum Gasteiger partial charge on any atom is -0.433 e. The molecule has 0 aliphatic rings. The van der Waals surface area contributed by atoms with Gasteiger partial charge in [0.2, 0.25) is 11.6 Å². The molecule has 0 unspecified atom stereocenters. The minimum absolute atomic E-state index is 0.0848. The Balaban J connectivity index is 2.37. The average Bonchev–Trinajstić information content (AvgIpc) is 2.63. The molecule has 2 aromatic carbocycles. The molecule has 0 saturated heterocycles. The van der Waals surface area contributed by atoms with E-state index in [-0.39, 0.29) is 17.7 Å². The molecule has 0 saturated carbocycles. The van der Waals surface area contributed by atoms with E-state index in [0.29, 0.717) is 0 Å². The molecule has 134 valence electrons. The van der Waals surface area contributed by atoms with Crippen molar-refractivity contribution in [2.75, 3.05) is 6.61 Å². The molecule has 0 aliphatic heterocycles. The largest absolute Gasteiger partial charge is 0.535 e. The first-order valence-corrected chi connectivity index (χ1v) is 8.07. The lowest BCUT2D eigenvalue weighted by Crippen LogP contribution is -2.25. The van der Waals surface area contributed by atoms with Crippen molar-refractivity contribution in [2.45, 2.75) is 20.8 Å². The summed E-state index contributed by atoms with van der Waals surface area (Å²) in [6.07, 6.45) is -1.08. The van der Waals surface area contributed by atoms with Gasteiger partial charge >= 0.3 is 6.16 Å².